The van der Waals surface area contributed by atoms with Crippen LogP contribution in [0.15, 0.2) is 36.5 Å². The minimum atomic E-state index is -0.457. The fraction of sp³-hybridized carbons (Fsp3) is 0.125. The number of hydrogen-bond donors (Lipinski definition) is 2. The summed E-state index contributed by atoms with van der Waals surface area (Å²) >= 11 is 0. The first-order valence-electron chi connectivity index (χ1n) is 6.32. The number of hydrogen-bond acceptors (Lipinski definition) is 3. The molecule has 0 spiro atoms. The number of amides is 1. The summed E-state index contributed by atoms with van der Waals surface area (Å²) in [4.78, 5) is 16.3. The summed E-state index contributed by atoms with van der Waals surface area (Å²) in [6.07, 6.45) is 1.65. The van der Waals surface area contributed by atoms with Gasteiger partial charge in [0.05, 0.1) is 12.1 Å². The van der Waals surface area contributed by atoms with E-state index in [-0.39, 0.29) is 12.1 Å². The van der Waals surface area contributed by atoms with Gasteiger partial charge < -0.3 is 11.1 Å². The van der Waals surface area contributed by atoms with Crippen LogP contribution in [0.25, 0.3) is 0 Å². The third-order valence-electron chi connectivity index (χ3n) is 2.70. The van der Waals surface area contributed by atoms with Crippen molar-refractivity contribution in [2.45, 2.75) is 6.92 Å². The van der Waals surface area contributed by atoms with Crippen molar-refractivity contribution < 1.29 is 9.18 Å². The molecule has 1 aromatic carbocycles. The van der Waals surface area contributed by atoms with Crippen molar-refractivity contribution in [2.75, 3.05) is 11.9 Å². The van der Waals surface area contributed by atoms with Crippen molar-refractivity contribution in [3.63, 3.8) is 0 Å². The number of nitrogens with zero attached hydrogens (tertiary/aromatic N) is 1. The smallest absolute Gasteiger partial charge is 0.258 e. The molecule has 0 saturated heterocycles. The van der Waals surface area contributed by atoms with Crippen LogP contribution in [0.4, 0.5) is 10.2 Å². The van der Waals surface area contributed by atoms with Crippen molar-refractivity contribution in [3.05, 3.63) is 59.0 Å². The highest BCUT2D eigenvalue weighted by atomic mass is 19.1. The molecule has 2 rings (SSSR count). The summed E-state index contributed by atoms with van der Waals surface area (Å²) in [5.74, 6) is 4.88. The van der Waals surface area contributed by atoms with E-state index in [0.717, 1.165) is 5.56 Å². The van der Waals surface area contributed by atoms with E-state index in [1.807, 2.05) is 13.0 Å². The van der Waals surface area contributed by atoms with Crippen molar-refractivity contribution in [1.29, 1.82) is 0 Å². The van der Waals surface area contributed by atoms with E-state index in [2.05, 4.69) is 22.1 Å². The van der Waals surface area contributed by atoms with E-state index in [9.17, 15) is 9.18 Å². The van der Waals surface area contributed by atoms with E-state index in [0.29, 0.717) is 11.4 Å². The second-order valence-electron chi connectivity index (χ2n) is 4.37. The van der Waals surface area contributed by atoms with Gasteiger partial charge in [-0.2, -0.15) is 0 Å². The highest BCUT2D eigenvalue weighted by molar-refractivity contribution is 6.05. The Morgan fingerprint density at radius 3 is 2.86 bits per heavy atom. The van der Waals surface area contributed by atoms with E-state index in [4.69, 9.17) is 5.73 Å². The lowest BCUT2D eigenvalue weighted by Gasteiger charge is -2.07. The fourth-order valence-electron chi connectivity index (χ4n) is 1.69. The van der Waals surface area contributed by atoms with Crippen LogP contribution in [0.1, 0.15) is 21.5 Å². The van der Waals surface area contributed by atoms with Crippen molar-refractivity contribution >= 4 is 11.7 Å². The maximum absolute atomic E-state index is 13.3. The molecule has 0 bridgehead atoms. The van der Waals surface area contributed by atoms with Crippen LogP contribution in [0.2, 0.25) is 0 Å². The van der Waals surface area contributed by atoms with Gasteiger partial charge in [0.15, 0.2) is 0 Å². The van der Waals surface area contributed by atoms with Crippen molar-refractivity contribution in [1.82, 2.24) is 4.98 Å². The Morgan fingerprint density at radius 2 is 2.19 bits per heavy atom. The van der Waals surface area contributed by atoms with E-state index >= 15 is 0 Å². The second kappa shape index (κ2) is 6.64. The van der Waals surface area contributed by atoms with Gasteiger partial charge in [0.2, 0.25) is 0 Å². The summed E-state index contributed by atoms with van der Waals surface area (Å²) < 4.78 is 13.3. The number of nitrogens with one attached hydrogen (secondary N) is 1. The summed E-state index contributed by atoms with van der Waals surface area (Å²) in [7, 11) is 0. The van der Waals surface area contributed by atoms with Gasteiger partial charge in [-0.1, -0.05) is 17.9 Å². The monoisotopic (exact) mass is 283 g/mol. The number of nitrogens with two attached hydrogens (primary N) is 1. The number of carbonyl (C=O) groups is 1. The predicted octanol–water partition coefficient (Wildman–Crippen LogP) is 2.09. The van der Waals surface area contributed by atoms with Gasteiger partial charge in [-0.3, -0.25) is 4.79 Å². The molecule has 0 atom stereocenters. The summed E-state index contributed by atoms with van der Waals surface area (Å²) in [5, 5.41) is 2.65. The maximum atomic E-state index is 13.3. The Labute approximate surface area is 122 Å². The minimum Gasteiger partial charge on any atom is -0.320 e. The fourth-order valence-corrected chi connectivity index (χ4v) is 1.69. The lowest BCUT2D eigenvalue weighted by molar-refractivity contribution is 0.102. The number of rotatable bonds is 2. The molecule has 5 heteroatoms. The molecule has 3 N–H and O–H groups in total. The van der Waals surface area contributed by atoms with Gasteiger partial charge in [0.1, 0.15) is 11.6 Å². The van der Waals surface area contributed by atoms with Gasteiger partial charge in [-0.25, -0.2) is 9.37 Å². The Bertz CT molecular complexity index is 715. The zero-order valence-corrected chi connectivity index (χ0v) is 11.5. The quantitative estimate of drug-likeness (QED) is 0.829. The molecular weight excluding hydrogens is 269 g/mol. The zero-order chi connectivity index (χ0) is 15.2. The molecule has 21 heavy (non-hydrogen) atoms. The van der Waals surface area contributed by atoms with Crippen LogP contribution < -0.4 is 11.1 Å². The first-order valence-corrected chi connectivity index (χ1v) is 6.32. The Morgan fingerprint density at radius 1 is 1.38 bits per heavy atom. The topological polar surface area (TPSA) is 68.0 Å². The zero-order valence-electron chi connectivity index (χ0n) is 11.5. The number of halogens is 1. The summed E-state index contributed by atoms with van der Waals surface area (Å²) in [6.45, 7) is 2.04. The normalized spacial score (nSPS) is 9.67. The predicted molar refractivity (Wildman–Crippen MR) is 79.3 cm³/mol. The lowest BCUT2D eigenvalue weighted by atomic mass is 10.1. The minimum absolute atomic E-state index is 0.136. The Balaban J connectivity index is 2.28. The third-order valence-corrected chi connectivity index (χ3v) is 2.70. The van der Waals surface area contributed by atoms with E-state index in [1.54, 1.807) is 12.3 Å². The molecule has 0 radical (unpaired) electrons. The molecule has 0 fully saturated rings. The van der Waals surface area contributed by atoms with Gasteiger partial charge in [0, 0.05) is 11.8 Å². The van der Waals surface area contributed by atoms with Crippen molar-refractivity contribution in [3.8, 4) is 11.8 Å². The van der Waals surface area contributed by atoms with Crippen LogP contribution in [-0.2, 0) is 0 Å². The molecule has 106 valence electrons. The first-order chi connectivity index (χ1) is 10.1. The van der Waals surface area contributed by atoms with Crippen LogP contribution in [0.3, 0.4) is 0 Å². The number of carbonyl (C=O) groups excluding carboxylic acids is 1. The highest BCUT2D eigenvalue weighted by Crippen LogP contribution is 2.13. The van der Waals surface area contributed by atoms with Gasteiger partial charge >= 0.3 is 0 Å². The molecule has 0 unspecified atom stereocenters. The number of anilines is 1. The van der Waals surface area contributed by atoms with E-state index < -0.39 is 11.7 Å². The molecule has 0 aliphatic carbocycles. The molecule has 1 aromatic heterocycles. The van der Waals surface area contributed by atoms with Crippen LogP contribution >= 0.6 is 0 Å². The third kappa shape index (κ3) is 3.88. The summed E-state index contributed by atoms with van der Waals surface area (Å²) in [6, 6.07) is 7.34. The lowest BCUT2D eigenvalue weighted by Crippen LogP contribution is -2.14. The number of benzene rings is 1. The molecular formula is C16H14FN3O. The second-order valence-corrected chi connectivity index (χ2v) is 4.37. The number of pyridine rings is 1. The van der Waals surface area contributed by atoms with E-state index in [1.165, 1.54) is 18.2 Å². The SMILES string of the molecule is Cc1ccc(NC(=O)c2ccc(F)cc2C#CCN)nc1. The van der Waals surface area contributed by atoms with Crippen LogP contribution in [-0.4, -0.2) is 17.4 Å². The average Bonchev–Trinajstić information content (AvgIpc) is 2.47. The average molecular weight is 283 g/mol. The molecule has 0 aliphatic rings. The number of aromatic nitrogens is 1. The molecule has 2 aromatic rings. The largest absolute Gasteiger partial charge is 0.320 e. The molecule has 1 amide bonds. The first kappa shape index (κ1) is 14.7. The number of aryl methyl sites for hydroxylation is 1. The molecule has 0 saturated carbocycles. The highest BCUT2D eigenvalue weighted by Gasteiger charge is 2.12. The maximum Gasteiger partial charge on any atom is 0.258 e. The Hall–Kier alpha value is -2.71. The van der Waals surface area contributed by atoms with Gasteiger partial charge in [0.25, 0.3) is 5.91 Å². The standard InChI is InChI=1S/C16H14FN3O/c1-11-4-7-15(19-10-11)20-16(21)14-6-5-13(17)9-12(14)3-2-8-18/h4-7,9-10H,8,18H2,1H3,(H,19,20,21). The molecule has 0 aliphatic heterocycles. The van der Waals surface area contributed by atoms with Crippen LogP contribution in [0, 0.1) is 24.6 Å². The van der Waals surface area contributed by atoms with Gasteiger partial charge in [-0.15, -0.1) is 0 Å². The van der Waals surface area contributed by atoms with Crippen molar-refractivity contribution in [2.24, 2.45) is 5.73 Å². The van der Waals surface area contributed by atoms with Crippen LogP contribution in [0.5, 0.6) is 0 Å². The molecule has 1 heterocycles. The molecule has 4 nitrogen and oxygen atoms in total. The summed E-state index contributed by atoms with van der Waals surface area (Å²) in [5.41, 5.74) is 6.86. The Kier molecular flexibility index (Phi) is 4.64. The van der Waals surface area contributed by atoms with Gasteiger partial charge in [-0.05, 0) is 36.8 Å².